The van der Waals surface area contributed by atoms with Crippen molar-refractivity contribution in [3.8, 4) is 0 Å². The molecule has 1 aromatic heterocycles. The predicted octanol–water partition coefficient (Wildman–Crippen LogP) is 5.05. The number of aromatic nitrogens is 1. The second-order valence-electron chi connectivity index (χ2n) is 7.24. The van der Waals surface area contributed by atoms with E-state index < -0.39 is 11.7 Å². The van der Waals surface area contributed by atoms with Crippen molar-refractivity contribution in [1.82, 2.24) is 14.8 Å². The molecule has 4 nitrogen and oxygen atoms in total. The van der Waals surface area contributed by atoms with Crippen LogP contribution in [0.1, 0.15) is 23.1 Å². The van der Waals surface area contributed by atoms with E-state index in [9.17, 15) is 13.2 Å². The molecule has 0 amide bonds. The number of aliphatic imine (C=N–C) groups is 1. The van der Waals surface area contributed by atoms with Gasteiger partial charge in [0.2, 0.25) is 5.96 Å². The Morgan fingerprint density at radius 3 is 2.37 bits per heavy atom. The van der Waals surface area contributed by atoms with Crippen LogP contribution in [0.15, 0.2) is 78.2 Å². The summed E-state index contributed by atoms with van der Waals surface area (Å²) in [5, 5.41) is 0. The van der Waals surface area contributed by atoms with E-state index >= 15 is 0 Å². The van der Waals surface area contributed by atoms with Crippen LogP contribution in [0.5, 0.6) is 0 Å². The molecule has 0 aliphatic carbocycles. The number of benzene rings is 1. The average Bonchev–Trinajstić information content (AvgIpc) is 2.76. The van der Waals surface area contributed by atoms with Crippen molar-refractivity contribution in [3.63, 3.8) is 0 Å². The summed E-state index contributed by atoms with van der Waals surface area (Å²) in [5.74, 6) is 0.770. The molecular weight excluding hydrogens is 389 g/mol. The zero-order valence-electron chi connectivity index (χ0n) is 16.5. The van der Waals surface area contributed by atoms with Crippen LogP contribution in [0, 0.1) is 0 Å². The highest BCUT2D eigenvalue weighted by Crippen LogP contribution is 2.31. The summed E-state index contributed by atoms with van der Waals surface area (Å²) >= 11 is 0. The fourth-order valence-electron chi connectivity index (χ4n) is 3.55. The van der Waals surface area contributed by atoms with Crippen molar-refractivity contribution in [2.45, 2.75) is 12.6 Å². The first-order valence-corrected chi connectivity index (χ1v) is 9.58. The van der Waals surface area contributed by atoms with Gasteiger partial charge in [-0.15, -0.1) is 0 Å². The van der Waals surface area contributed by atoms with E-state index in [2.05, 4.69) is 22.5 Å². The number of guanidine groups is 1. The molecule has 0 unspecified atom stereocenters. The van der Waals surface area contributed by atoms with Gasteiger partial charge < -0.3 is 9.80 Å². The van der Waals surface area contributed by atoms with Gasteiger partial charge in [-0.05, 0) is 47.9 Å². The Morgan fingerprint density at radius 1 is 1.00 bits per heavy atom. The van der Waals surface area contributed by atoms with Gasteiger partial charge in [-0.2, -0.15) is 13.2 Å². The Morgan fingerprint density at radius 2 is 1.70 bits per heavy atom. The average molecular weight is 410 g/mol. The molecule has 1 aromatic carbocycles. The molecule has 154 valence electrons. The minimum atomic E-state index is -4.33. The van der Waals surface area contributed by atoms with Gasteiger partial charge in [-0.25, -0.2) is 4.99 Å². The SMILES string of the molecule is C=C1C=C(c2ccncc2)N=C(N2CCC=C(c3ccc(C(F)(F)F)cc3)C2)N1C. The van der Waals surface area contributed by atoms with E-state index in [1.165, 1.54) is 12.1 Å². The highest BCUT2D eigenvalue weighted by Gasteiger charge is 2.30. The molecule has 4 rings (SSSR count). The van der Waals surface area contributed by atoms with E-state index in [0.29, 0.717) is 6.54 Å². The molecule has 2 aromatic rings. The lowest BCUT2D eigenvalue weighted by Crippen LogP contribution is -2.45. The summed E-state index contributed by atoms with van der Waals surface area (Å²) < 4.78 is 38.6. The molecule has 30 heavy (non-hydrogen) atoms. The molecule has 0 spiro atoms. The predicted molar refractivity (Wildman–Crippen MR) is 112 cm³/mol. The summed E-state index contributed by atoms with van der Waals surface area (Å²) in [6.07, 6.45) is 3.90. The maximum atomic E-state index is 12.9. The molecule has 7 heteroatoms. The topological polar surface area (TPSA) is 31.7 Å². The van der Waals surface area contributed by atoms with Gasteiger partial charge in [0.1, 0.15) is 0 Å². The van der Waals surface area contributed by atoms with Crippen LogP contribution in [0.2, 0.25) is 0 Å². The van der Waals surface area contributed by atoms with E-state index in [1.54, 1.807) is 12.4 Å². The maximum Gasteiger partial charge on any atom is 0.416 e. The molecule has 0 N–H and O–H groups in total. The van der Waals surface area contributed by atoms with Crippen LogP contribution in [0.3, 0.4) is 0 Å². The van der Waals surface area contributed by atoms with Gasteiger partial charge in [-0.3, -0.25) is 4.98 Å². The van der Waals surface area contributed by atoms with Crippen molar-refractivity contribution in [1.29, 1.82) is 0 Å². The van der Waals surface area contributed by atoms with Gasteiger partial charge in [0.15, 0.2) is 0 Å². The summed E-state index contributed by atoms with van der Waals surface area (Å²) in [4.78, 5) is 13.0. The van der Waals surface area contributed by atoms with Gasteiger partial charge >= 0.3 is 6.18 Å². The van der Waals surface area contributed by atoms with Crippen molar-refractivity contribution in [2.75, 3.05) is 20.1 Å². The summed E-state index contributed by atoms with van der Waals surface area (Å²) in [6, 6.07) is 9.12. The smallest absolute Gasteiger partial charge is 0.338 e. The highest BCUT2D eigenvalue weighted by atomic mass is 19.4. The third-order valence-corrected chi connectivity index (χ3v) is 5.25. The van der Waals surface area contributed by atoms with Crippen molar-refractivity contribution in [3.05, 3.63) is 89.9 Å². The van der Waals surface area contributed by atoms with Crippen molar-refractivity contribution in [2.24, 2.45) is 4.99 Å². The van der Waals surface area contributed by atoms with Crippen molar-refractivity contribution >= 4 is 17.2 Å². The molecule has 0 saturated carbocycles. The lowest BCUT2D eigenvalue weighted by Gasteiger charge is -2.37. The monoisotopic (exact) mass is 410 g/mol. The van der Waals surface area contributed by atoms with Crippen LogP contribution in [0.4, 0.5) is 13.2 Å². The van der Waals surface area contributed by atoms with Crippen LogP contribution >= 0.6 is 0 Å². The first-order valence-electron chi connectivity index (χ1n) is 9.58. The zero-order chi connectivity index (χ0) is 21.3. The minimum absolute atomic E-state index is 0.561. The Labute approximate surface area is 173 Å². The number of hydrogen-bond acceptors (Lipinski definition) is 4. The Kier molecular flexibility index (Phi) is 5.20. The first kappa shape index (κ1) is 19.9. The summed E-state index contributed by atoms with van der Waals surface area (Å²) in [7, 11) is 1.91. The standard InChI is InChI=1S/C23H21F3N4/c1-16-14-21(18-9-11-27-12-10-18)28-22(29(16)2)30-13-3-4-19(15-30)17-5-7-20(8-6-17)23(24,25)26/h4-12,14H,1,3,13,15H2,2H3. The molecule has 0 bridgehead atoms. The molecule has 0 radical (unpaired) electrons. The van der Waals surface area contributed by atoms with E-state index in [0.717, 1.165) is 59.2 Å². The van der Waals surface area contributed by atoms with Gasteiger partial charge in [0.05, 0.1) is 11.3 Å². The highest BCUT2D eigenvalue weighted by molar-refractivity contribution is 5.92. The quantitative estimate of drug-likeness (QED) is 0.695. The van der Waals surface area contributed by atoms with Crippen LogP contribution in [-0.2, 0) is 6.18 Å². The molecular formula is C23H21F3N4. The molecule has 0 fully saturated rings. The summed E-state index contributed by atoms with van der Waals surface area (Å²) in [6.45, 7) is 5.46. The molecule has 2 aliphatic rings. The van der Waals surface area contributed by atoms with Crippen LogP contribution in [0.25, 0.3) is 11.3 Å². The lowest BCUT2D eigenvalue weighted by atomic mass is 10.00. The summed E-state index contributed by atoms with van der Waals surface area (Å²) in [5.41, 5.74) is 3.71. The fourth-order valence-corrected chi connectivity index (χ4v) is 3.55. The lowest BCUT2D eigenvalue weighted by molar-refractivity contribution is -0.137. The largest absolute Gasteiger partial charge is 0.416 e. The van der Waals surface area contributed by atoms with E-state index in [-0.39, 0.29) is 0 Å². The third-order valence-electron chi connectivity index (χ3n) is 5.25. The molecule has 2 aliphatic heterocycles. The van der Waals surface area contributed by atoms with Crippen LogP contribution in [-0.4, -0.2) is 40.9 Å². The Bertz CT molecular complexity index is 1030. The van der Waals surface area contributed by atoms with E-state index in [4.69, 9.17) is 4.99 Å². The van der Waals surface area contributed by atoms with Crippen LogP contribution < -0.4 is 0 Å². The normalized spacial score (nSPS) is 17.5. The number of likely N-dealkylation sites (N-methyl/N-ethyl adjacent to an activating group) is 1. The van der Waals surface area contributed by atoms with Gasteiger partial charge in [0.25, 0.3) is 0 Å². The number of halogens is 3. The number of hydrogen-bond donors (Lipinski definition) is 0. The number of allylic oxidation sites excluding steroid dienone is 1. The Balaban J connectivity index is 1.59. The van der Waals surface area contributed by atoms with E-state index in [1.807, 2.05) is 30.2 Å². The second kappa shape index (κ2) is 7.82. The molecule has 0 atom stereocenters. The van der Waals surface area contributed by atoms with Crippen molar-refractivity contribution < 1.29 is 13.2 Å². The zero-order valence-corrected chi connectivity index (χ0v) is 16.5. The fraction of sp³-hybridized carbons (Fsp3) is 0.217. The third kappa shape index (κ3) is 4.01. The Hall–Kier alpha value is -3.35. The number of pyridine rings is 1. The number of rotatable bonds is 2. The van der Waals surface area contributed by atoms with Gasteiger partial charge in [0, 0.05) is 43.8 Å². The second-order valence-corrected chi connectivity index (χ2v) is 7.24. The molecule has 0 saturated heterocycles. The maximum absolute atomic E-state index is 12.9. The minimum Gasteiger partial charge on any atom is -0.338 e. The first-order chi connectivity index (χ1) is 14.3. The van der Waals surface area contributed by atoms with Gasteiger partial charge in [-0.1, -0.05) is 24.8 Å². The number of alkyl halides is 3. The number of nitrogens with zero attached hydrogens (tertiary/aromatic N) is 4. The molecule has 3 heterocycles.